The van der Waals surface area contributed by atoms with Crippen LogP contribution in [0.25, 0.3) is 16.9 Å². The number of likely N-dealkylation sites (N-methyl/N-ethyl adjacent to an activating group) is 2. The van der Waals surface area contributed by atoms with E-state index < -0.39 is 0 Å². The van der Waals surface area contributed by atoms with Crippen LogP contribution in [0.3, 0.4) is 0 Å². The van der Waals surface area contributed by atoms with E-state index in [1.165, 1.54) is 16.8 Å². The van der Waals surface area contributed by atoms with Crippen LogP contribution in [0.1, 0.15) is 17.5 Å². The molecule has 4 aromatic rings. The SMILES string of the molecule is C=CC(=O)Nc1cc(Nc2ncc(C#N)c(-n3c(=O)n4c5c(cccc53)CCC4)n2)c(OC)cc1N(C)CCN(C)C. The summed E-state index contributed by atoms with van der Waals surface area (Å²) in [7, 11) is 7.46. The summed E-state index contributed by atoms with van der Waals surface area (Å²) >= 11 is 0. The highest BCUT2D eigenvalue weighted by Gasteiger charge is 2.23. The van der Waals surface area contributed by atoms with E-state index in [2.05, 4.69) is 38.1 Å². The maximum atomic E-state index is 13.6. The molecule has 0 saturated heterocycles. The highest BCUT2D eigenvalue weighted by molar-refractivity contribution is 6.02. The Kier molecular flexibility index (Phi) is 7.95. The zero-order valence-electron chi connectivity index (χ0n) is 24.1. The van der Waals surface area contributed by atoms with Crippen molar-refractivity contribution < 1.29 is 9.53 Å². The highest BCUT2D eigenvalue weighted by Crippen LogP contribution is 2.38. The van der Waals surface area contributed by atoms with Gasteiger partial charge in [-0.25, -0.2) is 14.3 Å². The highest BCUT2D eigenvalue weighted by atomic mass is 16.5. The first-order chi connectivity index (χ1) is 20.2. The number of hydrogen-bond acceptors (Lipinski definition) is 9. The summed E-state index contributed by atoms with van der Waals surface area (Å²) in [5.41, 5.74) is 4.31. The van der Waals surface area contributed by atoms with Crippen LogP contribution < -0.4 is 26.0 Å². The number of nitrogens with one attached hydrogen (secondary N) is 2. The quantitative estimate of drug-likeness (QED) is 0.277. The molecule has 2 aromatic carbocycles. The molecule has 0 spiro atoms. The largest absolute Gasteiger partial charge is 0.494 e. The number of amides is 1. The molecular formula is C30H33N9O3. The van der Waals surface area contributed by atoms with Gasteiger partial charge in [-0.15, -0.1) is 0 Å². The van der Waals surface area contributed by atoms with Crippen LogP contribution in [-0.2, 0) is 17.8 Å². The maximum absolute atomic E-state index is 13.6. The molecule has 1 aliphatic heterocycles. The predicted octanol–water partition coefficient (Wildman–Crippen LogP) is 3.27. The second-order valence-corrected chi connectivity index (χ2v) is 10.3. The Morgan fingerprint density at radius 2 is 2.05 bits per heavy atom. The predicted molar refractivity (Wildman–Crippen MR) is 163 cm³/mol. The second kappa shape index (κ2) is 11.8. The lowest BCUT2D eigenvalue weighted by Crippen LogP contribution is -2.29. The van der Waals surface area contributed by atoms with Gasteiger partial charge in [0, 0.05) is 32.7 Å². The Balaban J connectivity index is 1.59. The van der Waals surface area contributed by atoms with Gasteiger partial charge >= 0.3 is 5.69 Å². The van der Waals surface area contributed by atoms with Crippen molar-refractivity contribution in [2.45, 2.75) is 19.4 Å². The van der Waals surface area contributed by atoms with Gasteiger partial charge in [-0.05, 0) is 50.7 Å². The monoisotopic (exact) mass is 567 g/mol. The summed E-state index contributed by atoms with van der Waals surface area (Å²) in [6.07, 6.45) is 4.34. The van der Waals surface area contributed by atoms with Crippen LogP contribution in [0.15, 0.2) is 54.0 Å². The fourth-order valence-electron chi connectivity index (χ4n) is 5.14. The van der Waals surface area contributed by atoms with Crippen molar-refractivity contribution in [2.24, 2.45) is 0 Å². The number of aromatic nitrogens is 4. The molecule has 0 aliphatic carbocycles. The average molecular weight is 568 g/mol. The first-order valence-corrected chi connectivity index (χ1v) is 13.5. The Labute approximate surface area is 243 Å². The van der Waals surface area contributed by atoms with Gasteiger partial charge in [0.1, 0.15) is 17.4 Å². The van der Waals surface area contributed by atoms with Gasteiger partial charge in [-0.3, -0.25) is 9.36 Å². The summed E-state index contributed by atoms with van der Waals surface area (Å²) in [6.45, 7) is 5.67. The number of nitriles is 1. The number of methoxy groups -OCH3 is 1. The number of benzene rings is 2. The second-order valence-electron chi connectivity index (χ2n) is 10.3. The van der Waals surface area contributed by atoms with Crippen LogP contribution in [0.2, 0.25) is 0 Å². The number of carbonyl (C=O) groups is 1. The molecule has 1 aliphatic rings. The molecule has 216 valence electrons. The van der Waals surface area contributed by atoms with Gasteiger partial charge in [0.05, 0.1) is 41.4 Å². The van der Waals surface area contributed by atoms with Crippen LogP contribution >= 0.6 is 0 Å². The van der Waals surface area contributed by atoms with Crippen LogP contribution in [0, 0.1) is 11.3 Å². The number of rotatable bonds is 10. The number of ether oxygens (including phenoxy) is 1. The minimum Gasteiger partial charge on any atom is -0.494 e. The molecular weight excluding hydrogens is 534 g/mol. The molecule has 0 fully saturated rings. The van der Waals surface area contributed by atoms with E-state index in [0.29, 0.717) is 35.7 Å². The number of imidazole rings is 1. The lowest BCUT2D eigenvalue weighted by molar-refractivity contribution is -0.111. The third-order valence-electron chi connectivity index (χ3n) is 7.26. The molecule has 2 N–H and O–H groups in total. The van der Waals surface area contributed by atoms with Crippen molar-refractivity contribution in [1.29, 1.82) is 5.26 Å². The molecule has 0 atom stereocenters. The molecule has 0 bridgehead atoms. The fourth-order valence-corrected chi connectivity index (χ4v) is 5.14. The normalized spacial score (nSPS) is 12.2. The number of hydrogen-bond donors (Lipinski definition) is 2. The van der Waals surface area contributed by atoms with E-state index >= 15 is 0 Å². The first kappa shape index (κ1) is 28.4. The van der Waals surface area contributed by atoms with E-state index in [1.807, 2.05) is 50.3 Å². The molecule has 12 heteroatoms. The van der Waals surface area contributed by atoms with Gasteiger partial charge in [0.15, 0.2) is 5.82 Å². The average Bonchev–Trinajstić information content (AvgIpc) is 3.28. The molecule has 42 heavy (non-hydrogen) atoms. The summed E-state index contributed by atoms with van der Waals surface area (Å²) in [6, 6.07) is 11.5. The van der Waals surface area contributed by atoms with E-state index in [1.54, 1.807) is 17.7 Å². The van der Waals surface area contributed by atoms with Crippen molar-refractivity contribution in [3.05, 3.63) is 70.8 Å². The standard InChI is InChI=1S/C30H33N9O3/c1-6-26(40)33-21-15-22(25(42-5)16-24(21)37(4)14-13-36(2)3)34-29-32-18-20(17-31)28(35-29)39-23-11-7-9-19-10-8-12-38(27(19)23)30(39)41/h6-7,9,11,15-16,18H,1,8,10,12-14H2,2-5H3,(H,33,40)(H,32,34,35). The molecule has 0 saturated carbocycles. The van der Waals surface area contributed by atoms with Crippen molar-refractivity contribution in [3.63, 3.8) is 0 Å². The smallest absolute Gasteiger partial charge is 0.334 e. The van der Waals surface area contributed by atoms with E-state index in [-0.39, 0.29) is 28.9 Å². The molecule has 5 rings (SSSR count). The van der Waals surface area contributed by atoms with Gasteiger partial charge in [0.25, 0.3) is 0 Å². The number of anilines is 4. The molecule has 0 radical (unpaired) electrons. The topological polar surface area (TPSA) is 133 Å². The first-order valence-electron chi connectivity index (χ1n) is 13.5. The van der Waals surface area contributed by atoms with Crippen molar-refractivity contribution >= 4 is 40.0 Å². The van der Waals surface area contributed by atoms with Crippen molar-refractivity contribution in [3.8, 4) is 17.6 Å². The van der Waals surface area contributed by atoms with E-state index in [9.17, 15) is 14.9 Å². The Hall–Kier alpha value is -5.15. The Bertz CT molecular complexity index is 1780. The Morgan fingerprint density at radius 3 is 2.76 bits per heavy atom. The van der Waals surface area contributed by atoms with Crippen LogP contribution in [0.5, 0.6) is 5.75 Å². The van der Waals surface area contributed by atoms with Gasteiger partial charge < -0.3 is 25.2 Å². The van der Waals surface area contributed by atoms with Gasteiger partial charge in [-0.1, -0.05) is 18.7 Å². The summed E-state index contributed by atoms with van der Waals surface area (Å²) in [4.78, 5) is 39.0. The zero-order valence-corrected chi connectivity index (χ0v) is 24.1. The summed E-state index contributed by atoms with van der Waals surface area (Å²) < 4.78 is 8.92. The third kappa shape index (κ3) is 5.29. The molecule has 2 aromatic heterocycles. The van der Waals surface area contributed by atoms with Gasteiger partial charge in [-0.2, -0.15) is 10.2 Å². The van der Waals surface area contributed by atoms with Crippen LogP contribution in [-0.4, -0.2) is 71.3 Å². The zero-order chi connectivity index (χ0) is 30.0. The summed E-state index contributed by atoms with van der Waals surface area (Å²) in [5.74, 6) is 0.452. The fraction of sp³-hybridized carbons (Fsp3) is 0.300. The molecule has 1 amide bonds. The third-order valence-corrected chi connectivity index (χ3v) is 7.26. The van der Waals surface area contributed by atoms with Gasteiger partial charge in [0.2, 0.25) is 11.9 Å². The summed E-state index contributed by atoms with van der Waals surface area (Å²) in [5, 5.41) is 15.9. The van der Waals surface area contributed by atoms with Crippen molar-refractivity contribution in [2.75, 3.05) is 56.9 Å². The molecule has 0 unspecified atom stereocenters. The number of nitrogens with zero attached hydrogens (tertiary/aromatic N) is 7. The van der Waals surface area contributed by atoms with Crippen molar-refractivity contribution in [1.82, 2.24) is 24.0 Å². The number of para-hydroxylation sites is 1. The maximum Gasteiger partial charge on any atom is 0.334 e. The molecule has 3 heterocycles. The minimum absolute atomic E-state index is 0.149. The molecule has 12 nitrogen and oxygen atoms in total. The minimum atomic E-state index is -0.363. The number of aryl methyl sites for hydroxylation is 2. The number of carbonyl (C=O) groups excluding carboxylic acids is 1. The van der Waals surface area contributed by atoms with Crippen LogP contribution in [0.4, 0.5) is 23.0 Å². The van der Waals surface area contributed by atoms with E-state index in [4.69, 9.17) is 4.74 Å². The Morgan fingerprint density at radius 1 is 1.24 bits per heavy atom. The lowest BCUT2D eigenvalue weighted by atomic mass is 10.0. The van der Waals surface area contributed by atoms with E-state index in [0.717, 1.165) is 36.2 Å². The lowest BCUT2D eigenvalue weighted by Gasteiger charge is -2.26.